The Balaban J connectivity index is 2.12. The van der Waals surface area contributed by atoms with Crippen molar-refractivity contribution in [1.29, 1.82) is 0 Å². The molecule has 0 bridgehead atoms. The number of amides is 1. The highest BCUT2D eigenvalue weighted by Gasteiger charge is 2.29. The van der Waals surface area contributed by atoms with E-state index in [1.54, 1.807) is 7.11 Å². The molecule has 1 amide bonds. The van der Waals surface area contributed by atoms with Crippen molar-refractivity contribution in [3.05, 3.63) is 0 Å². The summed E-state index contributed by atoms with van der Waals surface area (Å²) in [6.07, 6.45) is 2.24. The third-order valence-corrected chi connectivity index (χ3v) is 2.49. The summed E-state index contributed by atoms with van der Waals surface area (Å²) in [6, 6.07) is 0. The van der Waals surface area contributed by atoms with Gasteiger partial charge in [0.2, 0.25) is 5.91 Å². The van der Waals surface area contributed by atoms with Gasteiger partial charge in [0.25, 0.3) is 0 Å². The van der Waals surface area contributed by atoms with Crippen LogP contribution in [0.2, 0.25) is 0 Å². The number of hydrogen-bond acceptors (Lipinski definition) is 4. The number of rotatable bonds is 6. The van der Waals surface area contributed by atoms with Crippen molar-refractivity contribution in [2.24, 2.45) is 5.73 Å². The molecule has 15 heavy (non-hydrogen) atoms. The molecule has 1 rings (SSSR count). The van der Waals surface area contributed by atoms with Crippen molar-refractivity contribution < 1.29 is 14.3 Å². The lowest BCUT2D eigenvalue weighted by Gasteiger charge is -2.12. The van der Waals surface area contributed by atoms with Gasteiger partial charge in [-0.2, -0.15) is 0 Å². The highest BCUT2D eigenvalue weighted by atomic mass is 16.5. The van der Waals surface area contributed by atoms with Gasteiger partial charge < -0.3 is 20.5 Å². The minimum atomic E-state index is -0.305. The van der Waals surface area contributed by atoms with Crippen molar-refractivity contribution in [3.8, 4) is 0 Å². The average Bonchev–Trinajstić information content (AvgIpc) is 2.72. The van der Waals surface area contributed by atoms with E-state index in [4.69, 9.17) is 15.2 Å². The summed E-state index contributed by atoms with van der Waals surface area (Å²) in [5.41, 5.74) is 5.46. The molecule has 0 unspecified atom stereocenters. The van der Waals surface area contributed by atoms with Gasteiger partial charge in [-0.3, -0.25) is 4.79 Å². The van der Waals surface area contributed by atoms with E-state index in [0.29, 0.717) is 19.7 Å². The molecule has 1 saturated heterocycles. The predicted molar refractivity (Wildman–Crippen MR) is 56.5 cm³/mol. The summed E-state index contributed by atoms with van der Waals surface area (Å²) in [5, 5.41) is 2.82. The second-order valence-corrected chi connectivity index (χ2v) is 3.70. The highest BCUT2D eigenvalue weighted by Crippen LogP contribution is 2.18. The van der Waals surface area contributed by atoms with Crippen molar-refractivity contribution in [2.75, 3.05) is 26.8 Å². The lowest BCUT2D eigenvalue weighted by Crippen LogP contribution is -2.36. The molecule has 1 fully saturated rings. The van der Waals surface area contributed by atoms with Crippen molar-refractivity contribution in [1.82, 2.24) is 5.32 Å². The molecule has 0 aliphatic carbocycles. The van der Waals surface area contributed by atoms with Crippen molar-refractivity contribution in [2.45, 2.75) is 31.5 Å². The number of ether oxygens (including phenoxy) is 2. The van der Waals surface area contributed by atoms with Crippen LogP contribution in [0.1, 0.15) is 19.3 Å². The number of carbonyl (C=O) groups excluding carboxylic acids is 1. The average molecular weight is 216 g/mol. The smallest absolute Gasteiger partial charge is 0.249 e. The van der Waals surface area contributed by atoms with Gasteiger partial charge in [-0.05, 0) is 19.3 Å². The number of carbonyl (C=O) groups is 1. The first kappa shape index (κ1) is 12.4. The van der Waals surface area contributed by atoms with Crippen LogP contribution in [-0.4, -0.2) is 44.9 Å². The molecule has 5 nitrogen and oxygen atoms in total. The lowest BCUT2D eigenvalue weighted by molar-refractivity contribution is -0.131. The Kier molecular flexibility index (Phi) is 5.60. The van der Waals surface area contributed by atoms with Crippen LogP contribution in [0.25, 0.3) is 0 Å². The summed E-state index contributed by atoms with van der Waals surface area (Å²) in [4.78, 5) is 11.6. The van der Waals surface area contributed by atoms with Gasteiger partial charge in [-0.25, -0.2) is 0 Å². The number of nitrogens with one attached hydrogen (secondary N) is 1. The Morgan fingerprint density at radius 3 is 3.00 bits per heavy atom. The van der Waals surface area contributed by atoms with Gasteiger partial charge in [0.15, 0.2) is 0 Å². The van der Waals surface area contributed by atoms with Crippen molar-refractivity contribution in [3.63, 3.8) is 0 Å². The molecular weight excluding hydrogens is 196 g/mol. The Hall–Kier alpha value is -0.650. The van der Waals surface area contributed by atoms with E-state index in [-0.39, 0.29) is 18.1 Å². The van der Waals surface area contributed by atoms with E-state index in [1.165, 1.54) is 0 Å². The van der Waals surface area contributed by atoms with Crippen LogP contribution in [0.15, 0.2) is 0 Å². The summed E-state index contributed by atoms with van der Waals surface area (Å²) >= 11 is 0. The largest absolute Gasteiger partial charge is 0.385 e. The maximum Gasteiger partial charge on any atom is 0.249 e. The molecule has 88 valence electrons. The van der Waals surface area contributed by atoms with Crippen molar-refractivity contribution >= 4 is 5.91 Å². The molecule has 2 atom stereocenters. The van der Waals surface area contributed by atoms with Crippen LogP contribution < -0.4 is 11.1 Å². The second-order valence-electron chi connectivity index (χ2n) is 3.70. The Bertz CT molecular complexity index is 199. The predicted octanol–water partition coefficient (Wildman–Crippen LogP) is -0.355. The van der Waals surface area contributed by atoms with Gasteiger partial charge in [0, 0.05) is 26.8 Å². The van der Waals surface area contributed by atoms with E-state index in [0.717, 1.165) is 19.3 Å². The maximum absolute atomic E-state index is 11.6. The quantitative estimate of drug-likeness (QED) is 0.595. The fourth-order valence-corrected chi connectivity index (χ4v) is 1.61. The van der Waals surface area contributed by atoms with Crippen LogP contribution in [0.5, 0.6) is 0 Å². The highest BCUT2D eigenvalue weighted by molar-refractivity contribution is 5.80. The van der Waals surface area contributed by atoms with Gasteiger partial charge in [-0.15, -0.1) is 0 Å². The van der Waals surface area contributed by atoms with E-state index in [9.17, 15) is 4.79 Å². The van der Waals surface area contributed by atoms with E-state index in [2.05, 4.69) is 5.32 Å². The third kappa shape index (κ3) is 4.15. The van der Waals surface area contributed by atoms with Crippen LogP contribution in [-0.2, 0) is 14.3 Å². The molecule has 0 aromatic rings. The SMILES string of the molecule is COCCCNC(=O)[C@@H]1CC[C@H](CN)O1. The molecule has 1 heterocycles. The summed E-state index contributed by atoms with van der Waals surface area (Å²) in [6.45, 7) is 1.80. The zero-order valence-corrected chi connectivity index (χ0v) is 9.20. The molecule has 0 aromatic heterocycles. The first-order valence-electron chi connectivity index (χ1n) is 5.40. The zero-order valence-electron chi connectivity index (χ0n) is 9.20. The zero-order chi connectivity index (χ0) is 11.1. The van der Waals surface area contributed by atoms with Gasteiger partial charge in [0.1, 0.15) is 6.10 Å². The third-order valence-electron chi connectivity index (χ3n) is 2.49. The maximum atomic E-state index is 11.6. The molecule has 3 N–H and O–H groups in total. The molecule has 0 radical (unpaired) electrons. The van der Waals surface area contributed by atoms with E-state index >= 15 is 0 Å². The molecule has 5 heteroatoms. The van der Waals surface area contributed by atoms with E-state index < -0.39 is 0 Å². The van der Waals surface area contributed by atoms with Crippen LogP contribution in [0.4, 0.5) is 0 Å². The summed E-state index contributed by atoms with van der Waals surface area (Å²) in [7, 11) is 1.65. The standard InChI is InChI=1S/C10H20N2O3/c1-14-6-2-5-12-10(13)9-4-3-8(7-11)15-9/h8-9H,2-7,11H2,1H3,(H,12,13)/t8-,9+/m1/s1. The first-order valence-corrected chi connectivity index (χ1v) is 5.40. The van der Waals surface area contributed by atoms with Gasteiger partial charge >= 0.3 is 0 Å². The van der Waals surface area contributed by atoms with Gasteiger partial charge in [0.05, 0.1) is 6.10 Å². The minimum absolute atomic E-state index is 0.0259. The normalized spacial score (nSPS) is 25.5. The summed E-state index contributed by atoms with van der Waals surface area (Å²) < 4.78 is 10.3. The van der Waals surface area contributed by atoms with Crippen LogP contribution >= 0.6 is 0 Å². The molecular formula is C10H20N2O3. The number of hydrogen-bond donors (Lipinski definition) is 2. The molecule has 0 aromatic carbocycles. The summed E-state index contributed by atoms with van der Waals surface area (Å²) in [5.74, 6) is -0.0259. The fraction of sp³-hybridized carbons (Fsp3) is 0.900. The fourth-order valence-electron chi connectivity index (χ4n) is 1.61. The molecule has 1 aliphatic heterocycles. The van der Waals surface area contributed by atoms with Crippen LogP contribution in [0, 0.1) is 0 Å². The number of nitrogens with two attached hydrogens (primary N) is 1. The second kappa shape index (κ2) is 6.76. The number of methoxy groups -OCH3 is 1. The lowest BCUT2D eigenvalue weighted by atomic mass is 10.2. The van der Waals surface area contributed by atoms with E-state index in [1.807, 2.05) is 0 Å². The molecule has 0 saturated carbocycles. The Morgan fingerprint density at radius 2 is 2.40 bits per heavy atom. The topological polar surface area (TPSA) is 73.6 Å². The van der Waals surface area contributed by atoms with Crippen LogP contribution in [0.3, 0.4) is 0 Å². The monoisotopic (exact) mass is 216 g/mol. The first-order chi connectivity index (χ1) is 7.27. The molecule has 0 spiro atoms. The minimum Gasteiger partial charge on any atom is -0.385 e. The Morgan fingerprint density at radius 1 is 1.60 bits per heavy atom. The Labute approximate surface area is 90.3 Å². The molecule has 1 aliphatic rings. The van der Waals surface area contributed by atoms with Gasteiger partial charge in [-0.1, -0.05) is 0 Å².